The minimum absolute atomic E-state index is 0.0230. The van der Waals surface area contributed by atoms with Gasteiger partial charge in [0.05, 0.1) is 11.6 Å². The van der Waals surface area contributed by atoms with E-state index < -0.39 is 5.97 Å². The minimum atomic E-state index is -1.10. The van der Waals surface area contributed by atoms with Gasteiger partial charge in [-0.2, -0.15) is 0 Å². The highest BCUT2D eigenvalue weighted by Gasteiger charge is 2.20. The molecule has 2 aromatic rings. The van der Waals surface area contributed by atoms with Crippen LogP contribution in [0, 0.1) is 6.92 Å². The number of rotatable bonds is 4. The fourth-order valence-electron chi connectivity index (χ4n) is 2.55. The van der Waals surface area contributed by atoms with Gasteiger partial charge in [0.1, 0.15) is 11.4 Å². The molecule has 0 unspecified atom stereocenters. The molecule has 0 fully saturated rings. The van der Waals surface area contributed by atoms with Crippen molar-refractivity contribution in [1.29, 1.82) is 0 Å². The van der Waals surface area contributed by atoms with Crippen LogP contribution in [0.25, 0.3) is 10.9 Å². The van der Waals surface area contributed by atoms with Gasteiger partial charge in [0.15, 0.2) is 5.43 Å². The zero-order valence-electron chi connectivity index (χ0n) is 12.6. The Morgan fingerprint density at radius 2 is 2.05 bits per heavy atom. The molecule has 0 radical (unpaired) electrons. The summed E-state index contributed by atoms with van der Waals surface area (Å²) in [5.41, 5.74) is 0.552. The zero-order chi connectivity index (χ0) is 15.7. The van der Waals surface area contributed by atoms with Gasteiger partial charge in [-0.05, 0) is 39.8 Å². The van der Waals surface area contributed by atoms with E-state index in [0.717, 1.165) is 0 Å². The first-order valence-corrected chi connectivity index (χ1v) is 6.94. The molecule has 1 heterocycles. The highest BCUT2D eigenvalue weighted by Crippen LogP contribution is 2.27. The van der Waals surface area contributed by atoms with E-state index in [1.165, 1.54) is 0 Å². The van der Waals surface area contributed by atoms with Gasteiger partial charge in [-0.1, -0.05) is 6.07 Å². The van der Waals surface area contributed by atoms with E-state index in [1.807, 2.05) is 20.8 Å². The molecule has 2 rings (SSSR count). The van der Waals surface area contributed by atoms with Crippen LogP contribution >= 0.6 is 0 Å². The fourth-order valence-corrected chi connectivity index (χ4v) is 2.55. The Bertz CT molecular complexity index is 759. The monoisotopic (exact) mass is 289 g/mol. The van der Waals surface area contributed by atoms with Gasteiger partial charge in [-0.3, -0.25) is 4.79 Å². The van der Waals surface area contributed by atoms with Crippen LogP contribution < -0.4 is 10.2 Å². The van der Waals surface area contributed by atoms with Crippen LogP contribution in [0.2, 0.25) is 0 Å². The predicted octanol–water partition coefficient (Wildman–Crippen LogP) is 2.82. The maximum absolute atomic E-state index is 12.4. The molecule has 0 aliphatic rings. The molecule has 0 spiro atoms. The van der Waals surface area contributed by atoms with Crippen molar-refractivity contribution in [3.05, 3.63) is 39.7 Å². The summed E-state index contributed by atoms with van der Waals surface area (Å²) in [4.78, 5) is 24.0. The number of aryl methyl sites for hydroxylation is 1. The average Bonchev–Trinajstić information content (AvgIpc) is 2.41. The van der Waals surface area contributed by atoms with E-state index >= 15 is 0 Å². The molecular weight excluding hydrogens is 270 g/mol. The molecule has 0 atom stereocenters. The number of nitrogens with zero attached hydrogens (tertiary/aromatic N) is 1. The molecule has 0 amide bonds. The summed E-state index contributed by atoms with van der Waals surface area (Å²) in [7, 11) is 0. The van der Waals surface area contributed by atoms with Crippen LogP contribution in [0.3, 0.4) is 0 Å². The van der Waals surface area contributed by atoms with Crippen molar-refractivity contribution in [3.8, 4) is 5.75 Å². The highest BCUT2D eigenvalue weighted by atomic mass is 16.5. The molecule has 1 N–H and O–H groups in total. The molecule has 0 aliphatic carbocycles. The molecule has 0 aliphatic heterocycles. The Balaban J connectivity index is 2.99. The number of hydrogen-bond donors (Lipinski definition) is 1. The number of para-hydroxylation sites is 1. The number of carboxylic acids is 1. The maximum atomic E-state index is 12.4. The molecule has 0 saturated heterocycles. The van der Waals surface area contributed by atoms with Gasteiger partial charge in [0.2, 0.25) is 0 Å². The summed E-state index contributed by atoms with van der Waals surface area (Å²) >= 11 is 0. The van der Waals surface area contributed by atoms with Crippen LogP contribution in [-0.4, -0.2) is 21.7 Å². The van der Waals surface area contributed by atoms with E-state index in [1.54, 1.807) is 29.7 Å². The van der Waals surface area contributed by atoms with E-state index in [2.05, 4.69) is 0 Å². The van der Waals surface area contributed by atoms with Crippen LogP contribution in [-0.2, 0) is 6.54 Å². The molecule has 1 aromatic carbocycles. The van der Waals surface area contributed by atoms with E-state index in [-0.39, 0.29) is 22.8 Å². The number of fused-ring (bicyclic) bond motifs is 1. The SMILES string of the molecule is CCn1c(C(=O)O)c(C)c(=O)c2cccc(OC(C)C)c21. The molecule has 1 aromatic heterocycles. The lowest BCUT2D eigenvalue weighted by atomic mass is 10.1. The van der Waals surface area contributed by atoms with Gasteiger partial charge >= 0.3 is 5.97 Å². The third-order valence-corrected chi connectivity index (χ3v) is 3.36. The summed E-state index contributed by atoms with van der Waals surface area (Å²) in [6.45, 7) is 7.62. The van der Waals surface area contributed by atoms with Crippen LogP contribution in [0.1, 0.15) is 36.8 Å². The van der Waals surface area contributed by atoms with Crippen LogP contribution in [0.5, 0.6) is 5.75 Å². The lowest BCUT2D eigenvalue weighted by Gasteiger charge is -2.19. The Kier molecular flexibility index (Phi) is 4.02. The first-order valence-electron chi connectivity index (χ1n) is 6.94. The number of carboxylic acid groups (broad SMARTS) is 1. The summed E-state index contributed by atoms with van der Waals surface area (Å²) in [6.07, 6.45) is -0.0643. The summed E-state index contributed by atoms with van der Waals surface area (Å²) in [5.74, 6) is -0.573. The Morgan fingerprint density at radius 1 is 1.38 bits per heavy atom. The molecule has 112 valence electrons. The predicted molar refractivity (Wildman–Crippen MR) is 81.3 cm³/mol. The molecule has 21 heavy (non-hydrogen) atoms. The first kappa shape index (κ1) is 15.1. The van der Waals surface area contributed by atoms with Gasteiger partial charge in [-0.15, -0.1) is 0 Å². The minimum Gasteiger partial charge on any atom is -0.489 e. The maximum Gasteiger partial charge on any atom is 0.352 e. The van der Waals surface area contributed by atoms with Crippen molar-refractivity contribution in [2.24, 2.45) is 0 Å². The normalized spacial score (nSPS) is 11.1. The second-order valence-electron chi connectivity index (χ2n) is 5.17. The van der Waals surface area contributed by atoms with Crippen LogP contribution in [0.4, 0.5) is 0 Å². The summed E-state index contributed by atoms with van der Waals surface area (Å²) < 4.78 is 7.38. The van der Waals surface area contributed by atoms with Crippen LogP contribution in [0.15, 0.2) is 23.0 Å². The zero-order valence-corrected chi connectivity index (χ0v) is 12.6. The molecule has 5 nitrogen and oxygen atoms in total. The third-order valence-electron chi connectivity index (χ3n) is 3.36. The van der Waals surface area contributed by atoms with E-state index in [4.69, 9.17) is 4.74 Å². The largest absolute Gasteiger partial charge is 0.489 e. The van der Waals surface area contributed by atoms with Crippen molar-refractivity contribution in [1.82, 2.24) is 4.57 Å². The summed E-state index contributed by atoms with van der Waals surface area (Å²) in [6, 6.07) is 5.21. The van der Waals surface area contributed by atoms with Gasteiger partial charge in [0.25, 0.3) is 0 Å². The number of pyridine rings is 1. The van der Waals surface area contributed by atoms with Crippen molar-refractivity contribution >= 4 is 16.9 Å². The highest BCUT2D eigenvalue weighted by molar-refractivity contribution is 5.94. The molecule has 0 saturated carbocycles. The molecular formula is C16H19NO4. The molecule has 0 bridgehead atoms. The van der Waals surface area contributed by atoms with Gasteiger partial charge in [-0.25, -0.2) is 4.79 Å². The van der Waals surface area contributed by atoms with Gasteiger partial charge in [0, 0.05) is 17.5 Å². The topological polar surface area (TPSA) is 68.5 Å². The Morgan fingerprint density at radius 3 is 2.57 bits per heavy atom. The molecule has 5 heteroatoms. The second kappa shape index (κ2) is 5.60. The van der Waals surface area contributed by atoms with Crippen molar-refractivity contribution in [2.75, 3.05) is 0 Å². The number of benzene rings is 1. The Labute approximate surface area is 122 Å². The number of aromatic carboxylic acids is 1. The van der Waals surface area contributed by atoms with Gasteiger partial charge < -0.3 is 14.4 Å². The number of ether oxygens (including phenoxy) is 1. The van der Waals surface area contributed by atoms with E-state index in [0.29, 0.717) is 23.2 Å². The standard InChI is InChI=1S/C16H19NO4/c1-5-17-13(16(19)20)10(4)15(18)11-7-6-8-12(14(11)17)21-9(2)3/h6-9H,5H2,1-4H3,(H,19,20). The smallest absolute Gasteiger partial charge is 0.352 e. The number of carbonyl (C=O) groups is 1. The Hall–Kier alpha value is -2.30. The number of aromatic nitrogens is 1. The summed E-state index contributed by atoms with van der Waals surface area (Å²) in [5, 5.41) is 9.92. The average molecular weight is 289 g/mol. The quantitative estimate of drug-likeness (QED) is 0.939. The lowest BCUT2D eigenvalue weighted by Crippen LogP contribution is -2.22. The second-order valence-corrected chi connectivity index (χ2v) is 5.17. The third kappa shape index (κ3) is 2.51. The fraction of sp³-hybridized carbons (Fsp3) is 0.375. The van der Waals surface area contributed by atoms with Crippen molar-refractivity contribution < 1.29 is 14.6 Å². The van der Waals surface area contributed by atoms with Crippen molar-refractivity contribution in [3.63, 3.8) is 0 Å². The first-order chi connectivity index (χ1) is 9.88. The lowest BCUT2D eigenvalue weighted by molar-refractivity contribution is 0.0684. The number of hydrogen-bond acceptors (Lipinski definition) is 3. The van der Waals surface area contributed by atoms with Crippen molar-refractivity contribution in [2.45, 2.75) is 40.3 Å². The van der Waals surface area contributed by atoms with E-state index in [9.17, 15) is 14.7 Å².